The number of halogens is 1. The van der Waals surface area contributed by atoms with Gasteiger partial charge in [0.1, 0.15) is 5.69 Å². The summed E-state index contributed by atoms with van der Waals surface area (Å²) >= 11 is 3.40. The highest BCUT2D eigenvalue weighted by atomic mass is 79.9. The Morgan fingerprint density at radius 3 is 2.94 bits per heavy atom. The van der Waals surface area contributed by atoms with Gasteiger partial charge < -0.3 is 9.09 Å². The lowest BCUT2D eigenvalue weighted by molar-refractivity contribution is 0.101. The molecule has 1 aliphatic rings. The predicted octanol–water partition coefficient (Wildman–Crippen LogP) is 3.13. The summed E-state index contributed by atoms with van der Waals surface area (Å²) in [6.07, 6.45) is 4.20. The van der Waals surface area contributed by atoms with E-state index in [1.54, 1.807) is 6.07 Å². The summed E-state index contributed by atoms with van der Waals surface area (Å²) in [5.41, 5.74) is 1.38. The van der Waals surface area contributed by atoms with Gasteiger partial charge >= 0.3 is 0 Å². The number of anilines is 1. The van der Waals surface area contributed by atoms with Gasteiger partial charge in [0, 0.05) is 22.8 Å². The number of carbonyl (C=O) groups is 1. The summed E-state index contributed by atoms with van der Waals surface area (Å²) in [6, 6.07) is 3.96. The SMILES string of the molecule is Cc1cc(NC(=O)c2cc(Br)cn2C2CC2)on1. The fourth-order valence-corrected chi connectivity index (χ4v) is 2.32. The van der Waals surface area contributed by atoms with Gasteiger partial charge in [0.15, 0.2) is 0 Å². The quantitative estimate of drug-likeness (QED) is 0.947. The Morgan fingerprint density at radius 1 is 1.56 bits per heavy atom. The van der Waals surface area contributed by atoms with Crippen molar-refractivity contribution in [1.29, 1.82) is 0 Å². The minimum absolute atomic E-state index is 0.177. The van der Waals surface area contributed by atoms with Crippen molar-refractivity contribution in [3.05, 3.63) is 34.2 Å². The van der Waals surface area contributed by atoms with Gasteiger partial charge in [-0.05, 0) is 41.8 Å². The fraction of sp³-hybridized carbons (Fsp3) is 0.333. The molecule has 1 fully saturated rings. The second-order valence-corrected chi connectivity index (χ2v) is 5.38. The molecule has 1 amide bonds. The van der Waals surface area contributed by atoms with Crippen LogP contribution in [0.25, 0.3) is 0 Å². The van der Waals surface area contributed by atoms with Crippen LogP contribution in [-0.2, 0) is 0 Å². The van der Waals surface area contributed by atoms with E-state index in [0.717, 1.165) is 23.0 Å². The molecule has 1 aliphatic carbocycles. The average Bonchev–Trinajstić information content (AvgIpc) is 2.98. The van der Waals surface area contributed by atoms with Gasteiger partial charge in [0.25, 0.3) is 5.91 Å². The third kappa shape index (κ3) is 2.20. The van der Waals surface area contributed by atoms with Gasteiger partial charge in [-0.15, -0.1) is 0 Å². The van der Waals surface area contributed by atoms with E-state index in [1.165, 1.54) is 0 Å². The van der Waals surface area contributed by atoms with Crippen LogP contribution < -0.4 is 5.32 Å². The summed E-state index contributed by atoms with van der Waals surface area (Å²) in [7, 11) is 0. The molecule has 0 saturated heterocycles. The Morgan fingerprint density at radius 2 is 2.33 bits per heavy atom. The minimum atomic E-state index is -0.177. The monoisotopic (exact) mass is 309 g/mol. The van der Waals surface area contributed by atoms with Gasteiger partial charge in [-0.3, -0.25) is 10.1 Å². The molecule has 2 aromatic heterocycles. The van der Waals surface area contributed by atoms with Crippen molar-refractivity contribution >= 4 is 27.7 Å². The number of hydrogen-bond donors (Lipinski definition) is 1. The number of amides is 1. The molecule has 0 radical (unpaired) electrons. The summed E-state index contributed by atoms with van der Waals surface area (Å²) in [6.45, 7) is 1.81. The minimum Gasteiger partial charge on any atom is -0.339 e. The molecule has 0 bridgehead atoms. The lowest BCUT2D eigenvalue weighted by atomic mass is 10.4. The number of nitrogens with zero attached hydrogens (tertiary/aromatic N) is 2. The van der Waals surface area contributed by atoms with Crippen molar-refractivity contribution in [3.63, 3.8) is 0 Å². The van der Waals surface area contributed by atoms with E-state index < -0.39 is 0 Å². The topological polar surface area (TPSA) is 60.1 Å². The Kier molecular flexibility index (Phi) is 2.74. The smallest absolute Gasteiger partial charge is 0.274 e. The molecular weight excluding hydrogens is 298 g/mol. The highest BCUT2D eigenvalue weighted by Gasteiger charge is 2.28. The first-order valence-electron chi connectivity index (χ1n) is 5.75. The molecule has 2 heterocycles. The molecule has 0 aromatic carbocycles. The Labute approximate surface area is 112 Å². The van der Waals surface area contributed by atoms with Crippen LogP contribution in [0.15, 0.2) is 27.3 Å². The Hall–Kier alpha value is -1.56. The molecule has 0 unspecified atom stereocenters. The van der Waals surface area contributed by atoms with Crippen LogP contribution in [0.5, 0.6) is 0 Å². The van der Waals surface area contributed by atoms with Crippen molar-refractivity contribution < 1.29 is 9.32 Å². The Bertz CT molecular complexity index is 598. The number of aromatic nitrogens is 2. The molecule has 1 saturated carbocycles. The van der Waals surface area contributed by atoms with Crippen LogP contribution in [-0.4, -0.2) is 15.6 Å². The van der Waals surface area contributed by atoms with Crippen molar-refractivity contribution in [1.82, 2.24) is 9.72 Å². The lowest BCUT2D eigenvalue weighted by Gasteiger charge is -2.06. The third-order valence-corrected chi connectivity index (χ3v) is 3.29. The number of aryl methyl sites for hydroxylation is 1. The zero-order chi connectivity index (χ0) is 12.7. The number of rotatable bonds is 3. The van der Waals surface area contributed by atoms with Crippen LogP contribution in [0.1, 0.15) is 35.1 Å². The van der Waals surface area contributed by atoms with Gasteiger partial charge in [0.05, 0.1) is 5.69 Å². The first-order valence-corrected chi connectivity index (χ1v) is 6.55. The lowest BCUT2D eigenvalue weighted by Crippen LogP contribution is -2.15. The number of carbonyl (C=O) groups excluding carboxylic acids is 1. The van der Waals surface area contributed by atoms with Crippen molar-refractivity contribution in [3.8, 4) is 0 Å². The maximum atomic E-state index is 12.1. The molecule has 18 heavy (non-hydrogen) atoms. The van der Waals surface area contributed by atoms with Crippen LogP contribution in [0.3, 0.4) is 0 Å². The average molecular weight is 310 g/mol. The van der Waals surface area contributed by atoms with E-state index >= 15 is 0 Å². The van der Waals surface area contributed by atoms with E-state index in [0.29, 0.717) is 17.6 Å². The van der Waals surface area contributed by atoms with Crippen molar-refractivity contribution in [2.24, 2.45) is 0 Å². The zero-order valence-corrected chi connectivity index (χ0v) is 11.4. The predicted molar refractivity (Wildman–Crippen MR) is 69.6 cm³/mol. The molecule has 3 rings (SSSR count). The van der Waals surface area contributed by atoms with Crippen molar-refractivity contribution in [2.45, 2.75) is 25.8 Å². The third-order valence-electron chi connectivity index (χ3n) is 2.85. The summed E-state index contributed by atoms with van der Waals surface area (Å²) in [5, 5.41) is 6.44. The van der Waals surface area contributed by atoms with E-state index in [4.69, 9.17) is 4.52 Å². The van der Waals surface area contributed by atoms with Crippen molar-refractivity contribution in [2.75, 3.05) is 5.32 Å². The summed E-state index contributed by atoms with van der Waals surface area (Å²) in [5.74, 6) is 0.195. The molecule has 0 spiro atoms. The molecule has 94 valence electrons. The zero-order valence-electron chi connectivity index (χ0n) is 9.81. The molecule has 0 aliphatic heterocycles. The second-order valence-electron chi connectivity index (χ2n) is 4.47. The molecule has 2 aromatic rings. The van der Waals surface area contributed by atoms with Crippen LogP contribution >= 0.6 is 15.9 Å². The van der Waals surface area contributed by atoms with Crippen LogP contribution in [0.4, 0.5) is 5.88 Å². The largest absolute Gasteiger partial charge is 0.339 e. The van der Waals surface area contributed by atoms with Crippen LogP contribution in [0.2, 0.25) is 0 Å². The van der Waals surface area contributed by atoms with Gasteiger partial charge in [-0.2, -0.15) is 0 Å². The van der Waals surface area contributed by atoms with E-state index in [-0.39, 0.29) is 5.91 Å². The van der Waals surface area contributed by atoms with Gasteiger partial charge in [0.2, 0.25) is 5.88 Å². The first kappa shape index (κ1) is 11.5. The molecule has 5 nitrogen and oxygen atoms in total. The molecule has 1 N–H and O–H groups in total. The molecule has 0 atom stereocenters. The highest BCUT2D eigenvalue weighted by molar-refractivity contribution is 9.10. The van der Waals surface area contributed by atoms with E-state index in [9.17, 15) is 4.79 Å². The highest BCUT2D eigenvalue weighted by Crippen LogP contribution is 2.37. The molecular formula is C12H12BrN3O2. The standard InChI is InChI=1S/C12H12BrN3O2/c1-7-4-11(18-15-7)14-12(17)10-5-8(13)6-16(10)9-2-3-9/h4-6,9H,2-3H2,1H3,(H,14,17). The fourth-order valence-electron chi connectivity index (χ4n) is 1.88. The normalized spacial score (nSPS) is 14.8. The maximum absolute atomic E-state index is 12.1. The maximum Gasteiger partial charge on any atom is 0.274 e. The summed E-state index contributed by atoms with van der Waals surface area (Å²) in [4.78, 5) is 12.1. The summed E-state index contributed by atoms with van der Waals surface area (Å²) < 4.78 is 7.89. The van der Waals surface area contributed by atoms with E-state index in [1.807, 2.05) is 23.8 Å². The number of nitrogens with one attached hydrogen (secondary N) is 1. The number of hydrogen-bond acceptors (Lipinski definition) is 3. The van der Waals surface area contributed by atoms with Gasteiger partial charge in [-0.25, -0.2) is 0 Å². The molecule has 6 heteroatoms. The van der Waals surface area contributed by atoms with Crippen LogP contribution in [0, 0.1) is 6.92 Å². The first-order chi connectivity index (χ1) is 8.63. The Balaban J connectivity index is 1.83. The van der Waals surface area contributed by atoms with Gasteiger partial charge in [-0.1, -0.05) is 5.16 Å². The second kappa shape index (κ2) is 4.28. The van der Waals surface area contributed by atoms with E-state index in [2.05, 4.69) is 26.4 Å².